The number of hydrogen-bond donors (Lipinski definition) is 1. The van der Waals surface area contributed by atoms with Crippen molar-refractivity contribution in [3.05, 3.63) is 11.6 Å². The molecule has 1 N–H and O–H groups in total. The smallest absolute Gasteiger partial charge is 0.139 e. The summed E-state index contributed by atoms with van der Waals surface area (Å²) in [5, 5.41) is 10.7. The Bertz CT molecular complexity index is 508. The fourth-order valence-electron chi connectivity index (χ4n) is 6.58. The zero-order chi connectivity index (χ0) is 14.8. The third-order valence-corrected chi connectivity index (χ3v) is 7.74. The lowest BCUT2D eigenvalue weighted by Gasteiger charge is -2.58. The van der Waals surface area contributed by atoms with E-state index in [1.54, 1.807) is 0 Å². The highest BCUT2D eigenvalue weighted by molar-refractivity contribution is 5.87. The Morgan fingerprint density at radius 2 is 1.90 bits per heavy atom. The molecule has 2 nitrogen and oxygen atoms in total. The molecule has 0 saturated heterocycles. The van der Waals surface area contributed by atoms with Crippen molar-refractivity contribution >= 4 is 5.78 Å². The number of allylic oxidation sites excluding steroid dienone is 1. The maximum absolute atomic E-state index is 12.4. The van der Waals surface area contributed by atoms with Crippen molar-refractivity contribution in [1.29, 1.82) is 0 Å². The molecule has 21 heavy (non-hydrogen) atoms. The monoisotopic (exact) mass is 288 g/mol. The fraction of sp³-hybridized carbons (Fsp3) is 0.842. The summed E-state index contributed by atoms with van der Waals surface area (Å²) >= 11 is 0. The van der Waals surface area contributed by atoms with Crippen LogP contribution in [0.15, 0.2) is 11.6 Å². The lowest BCUT2D eigenvalue weighted by atomic mass is 9.47. The van der Waals surface area contributed by atoms with Gasteiger partial charge in [0.1, 0.15) is 5.78 Å². The van der Waals surface area contributed by atoms with Gasteiger partial charge in [-0.15, -0.1) is 0 Å². The van der Waals surface area contributed by atoms with Gasteiger partial charge in [0, 0.05) is 11.8 Å². The van der Waals surface area contributed by atoms with Gasteiger partial charge in [0.15, 0.2) is 0 Å². The molecule has 4 aliphatic carbocycles. The summed E-state index contributed by atoms with van der Waals surface area (Å²) in [5.41, 5.74) is 1.46. The van der Waals surface area contributed by atoms with E-state index in [1.165, 1.54) is 24.8 Å². The molecule has 0 aromatic heterocycles. The minimum absolute atomic E-state index is 0.0763. The van der Waals surface area contributed by atoms with Gasteiger partial charge in [-0.25, -0.2) is 0 Å². The maximum Gasteiger partial charge on any atom is 0.139 e. The normalized spacial score (nSPS) is 52.7. The lowest BCUT2D eigenvalue weighted by Crippen LogP contribution is -2.53. The largest absolute Gasteiger partial charge is 0.389 e. The van der Waals surface area contributed by atoms with Gasteiger partial charge in [-0.2, -0.15) is 0 Å². The highest BCUT2D eigenvalue weighted by Gasteiger charge is 2.60. The zero-order valence-corrected chi connectivity index (χ0v) is 13.4. The van der Waals surface area contributed by atoms with Crippen LogP contribution < -0.4 is 0 Å². The molecule has 0 radical (unpaired) electrons. The molecule has 0 heterocycles. The minimum atomic E-state index is -0.255. The van der Waals surface area contributed by atoms with Crippen molar-refractivity contribution in [2.75, 3.05) is 0 Å². The summed E-state index contributed by atoms with van der Waals surface area (Å²) in [6.07, 6.45) is 10.7. The first-order valence-electron chi connectivity index (χ1n) is 8.89. The van der Waals surface area contributed by atoms with E-state index in [4.69, 9.17) is 0 Å². The standard InChI is InChI=1S/C19H28O2/c1-18-9-4-3-5-15(18)16(20)11-12-13-6-7-17(21)19(13,2)10-8-14(12)18/h5,12-14,16,20H,3-4,6-11H2,1-2H3/t12?,13?,14?,16-,18+,19-/m0/s1. The van der Waals surface area contributed by atoms with Crippen molar-refractivity contribution < 1.29 is 9.90 Å². The third-order valence-electron chi connectivity index (χ3n) is 7.74. The van der Waals surface area contributed by atoms with Crippen LogP contribution in [0, 0.1) is 28.6 Å². The van der Waals surface area contributed by atoms with Crippen molar-refractivity contribution in [3.63, 3.8) is 0 Å². The van der Waals surface area contributed by atoms with Crippen LogP contribution in [-0.4, -0.2) is 17.0 Å². The number of carbonyl (C=O) groups is 1. The highest BCUT2D eigenvalue weighted by Crippen LogP contribution is 2.64. The molecule has 0 spiro atoms. The highest BCUT2D eigenvalue weighted by atomic mass is 16.3. The van der Waals surface area contributed by atoms with Gasteiger partial charge in [-0.3, -0.25) is 4.79 Å². The van der Waals surface area contributed by atoms with Gasteiger partial charge in [0.05, 0.1) is 6.10 Å². The van der Waals surface area contributed by atoms with Crippen LogP contribution in [0.1, 0.15) is 65.2 Å². The summed E-state index contributed by atoms with van der Waals surface area (Å²) in [6, 6.07) is 0. The topological polar surface area (TPSA) is 37.3 Å². The first kappa shape index (κ1) is 14.0. The van der Waals surface area contributed by atoms with Gasteiger partial charge in [0.25, 0.3) is 0 Å². The minimum Gasteiger partial charge on any atom is -0.389 e. The lowest BCUT2D eigenvalue weighted by molar-refractivity contribution is -0.134. The van der Waals surface area contributed by atoms with Crippen molar-refractivity contribution in [2.45, 2.75) is 71.3 Å². The molecule has 0 amide bonds. The SMILES string of the molecule is C[C@]12CCCC=C1[C@@H](O)CC1C2CC[C@]2(C)C(=O)CCC12. The molecular weight excluding hydrogens is 260 g/mol. The van der Waals surface area contributed by atoms with E-state index in [-0.39, 0.29) is 16.9 Å². The molecule has 0 bridgehead atoms. The number of fused-ring (bicyclic) bond motifs is 5. The quantitative estimate of drug-likeness (QED) is 0.687. The fourth-order valence-corrected chi connectivity index (χ4v) is 6.58. The Labute approximate surface area is 128 Å². The molecule has 3 saturated carbocycles. The second-order valence-corrected chi connectivity index (χ2v) is 8.52. The predicted octanol–water partition coefficient (Wildman–Crippen LogP) is 3.88. The molecule has 116 valence electrons. The molecule has 0 aliphatic heterocycles. The Balaban J connectivity index is 1.73. The first-order chi connectivity index (χ1) is 9.97. The van der Waals surface area contributed by atoms with Crippen LogP contribution in [0.4, 0.5) is 0 Å². The summed E-state index contributed by atoms with van der Waals surface area (Å²) in [6.45, 7) is 4.61. The molecule has 2 heteroatoms. The Morgan fingerprint density at radius 1 is 1.14 bits per heavy atom. The molecule has 4 rings (SSSR count). The van der Waals surface area contributed by atoms with Crippen molar-refractivity contribution in [1.82, 2.24) is 0 Å². The molecule has 0 aromatic carbocycles. The van der Waals surface area contributed by atoms with Crippen LogP contribution in [0.25, 0.3) is 0 Å². The summed E-state index contributed by atoms with van der Waals surface area (Å²) < 4.78 is 0. The molecule has 4 aliphatic rings. The molecule has 6 atom stereocenters. The molecule has 0 aromatic rings. The van der Waals surface area contributed by atoms with Crippen LogP contribution in [0.2, 0.25) is 0 Å². The van der Waals surface area contributed by atoms with Gasteiger partial charge in [-0.1, -0.05) is 19.9 Å². The Kier molecular flexibility index (Phi) is 2.96. The zero-order valence-electron chi connectivity index (χ0n) is 13.4. The second kappa shape index (κ2) is 4.44. The predicted molar refractivity (Wildman–Crippen MR) is 82.7 cm³/mol. The van der Waals surface area contributed by atoms with E-state index < -0.39 is 0 Å². The van der Waals surface area contributed by atoms with Crippen LogP contribution >= 0.6 is 0 Å². The molecule has 3 fully saturated rings. The number of aliphatic hydroxyl groups excluding tert-OH is 1. The van der Waals surface area contributed by atoms with Crippen LogP contribution in [-0.2, 0) is 4.79 Å². The Hall–Kier alpha value is -0.630. The van der Waals surface area contributed by atoms with E-state index in [9.17, 15) is 9.90 Å². The summed E-state index contributed by atoms with van der Waals surface area (Å²) in [7, 11) is 0. The van der Waals surface area contributed by atoms with E-state index in [1.807, 2.05) is 0 Å². The van der Waals surface area contributed by atoms with Crippen molar-refractivity contribution in [2.24, 2.45) is 28.6 Å². The number of rotatable bonds is 0. The Morgan fingerprint density at radius 3 is 2.71 bits per heavy atom. The number of aliphatic hydroxyl groups is 1. The third kappa shape index (κ3) is 1.72. The van der Waals surface area contributed by atoms with E-state index >= 15 is 0 Å². The number of Topliss-reactive ketones (excluding diaryl/α,β-unsaturated/α-hetero) is 1. The maximum atomic E-state index is 12.4. The first-order valence-corrected chi connectivity index (χ1v) is 8.89. The summed E-state index contributed by atoms with van der Waals surface area (Å²) in [5.74, 6) is 2.27. The molecular formula is C19H28O2. The van der Waals surface area contributed by atoms with Gasteiger partial charge >= 0.3 is 0 Å². The number of ketones is 1. The van der Waals surface area contributed by atoms with E-state index in [2.05, 4.69) is 19.9 Å². The van der Waals surface area contributed by atoms with E-state index in [0.29, 0.717) is 23.5 Å². The average Bonchev–Trinajstić information content (AvgIpc) is 2.75. The van der Waals surface area contributed by atoms with Crippen molar-refractivity contribution in [3.8, 4) is 0 Å². The van der Waals surface area contributed by atoms with Gasteiger partial charge in [0.2, 0.25) is 0 Å². The summed E-state index contributed by atoms with van der Waals surface area (Å²) in [4.78, 5) is 12.4. The number of hydrogen-bond acceptors (Lipinski definition) is 2. The van der Waals surface area contributed by atoms with Gasteiger partial charge in [-0.05, 0) is 73.7 Å². The number of carbonyl (C=O) groups excluding carboxylic acids is 1. The van der Waals surface area contributed by atoms with Crippen LogP contribution in [0.5, 0.6) is 0 Å². The van der Waals surface area contributed by atoms with E-state index in [0.717, 1.165) is 32.1 Å². The molecule has 3 unspecified atom stereocenters. The van der Waals surface area contributed by atoms with Gasteiger partial charge < -0.3 is 5.11 Å². The second-order valence-electron chi connectivity index (χ2n) is 8.52. The van der Waals surface area contributed by atoms with Crippen LogP contribution in [0.3, 0.4) is 0 Å². The average molecular weight is 288 g/mol.